The Morgan fingerprint density at radius 3 is 2.56 bits per heavy atom. The van der Waals surface area contributed by atoms with Crippen LogP contribution in [-0.2, 0) is 6.42 Å². The van der Waals surface area contributed by atoms with Crippen LogP contribution in [0.3, 0.4) is 0 Å². The van der Waals surface area contributed by atoms with E-state index in [1.165, 1.54) is 6.92 Å². The van der Waals surface area contributed by atoms with Gasteiger partial charge in [0, 0.05) is 12.2 Å². The van der Waals surface area contributed by atoms with Crippen LogP contribution in [0.1, 0.15) is 45.6 Å². The molecule has 0 aromatic heterocycles. The largest absolute Gasteiger partial charge is 0.396 e. The molecule has 0 radical (unpaired) electrons. The van der Waals surface area contributed by atoms with Gasteiger partial charge >= 0.3 is 0 Å². The number of Topliss-reactive ketones (excluding diaryl/α,β-unsaturated/α-hetero) is 1. The molecule has 0 fully saturated rings. The number of fused-ring (bicyclic) bond motifs is 1. The van der Waals surface area contributed by atoms with Crippen LogP contribution in [0.4, 0.5) is 0 Å². The van der Waals surface area contributed by atoms with Gasteiger partial charge in [-0.1, -0.05) is 6.07 Å². The lowest BCUT2D eigenvalue weighted by Gasteiger charge is -2.19. The van der Waals surface area contributed by atoms with Crippen molar-refractivity contribution >= 4 is 5.78 Å². The number of hydrogen-bond acceptors (Lipinski definition) is 4. The predicted octanol–water partition coefficient (Wildman–Crippen LogP) is 0.819. The molecule has 1 aliphatic rings. The summed E-state index contributed by atoms with van der Waals surface area (Å²) in [5.74, 6) is -0.443. The summed E-state index contributed by atoms with van der Waals surface area (Å²) in [7, 11) is 0. The van der Waals surface area contributed by atoms with Gasteiger partial charge in [0.25, 0.3) is 0 Å². The average Bonchev–Trinajstić information content (AvgIpc) is 2.46. The number of aryl methyl sites for hydroxylation is 1. The average molecular weight is 250 g/mol. The van der Waals surface area contributed by atoms with E-state index >= 15 is 0 Å². The highest BCUT2D eigenvalue weighted by molar-refractivity contribution is 6.08. The number of hydrogen-bond donors (Lipinski definition) is 3. The first kappa shape index (κ1) is 13.2. The van der Waals surface area contributed by atoms with Crippen molar-refractivity contribution in [2.45, 2.75) is 38.9 Å². The van der Waals surface area contributed by atoms with E-state index in [1.54, 1.807) is 13.0 Å². The first-order valence-electron chi connectivity index (χ1n) is 6.01. The third-order valence-electron chi connectivity index (χ3n) is 3.84. The Morgan fingerprint density at radius 1 is 1.39 bits per heavy atom. The molecule has 1 aliphatic carbocycles. The molecule has 0 unspecified atom stereocenters. The minimum absolute atomic E-state index is 0.00754. The van der Waals surface area contributed by atoms with E-state index in [9.17, 15) is 15.0 Å². The van der Waals surface area contributed by atoms with Crippen LogP contribution in [0, 0.1) is 13.8 Å². The van der Waals surface area contributed by atoms with Gasteiger partial charge in [-0.3, -0.25) is 4.79 Å². The predicted molar refractivity (Wildman–Crippen MR) is 66.6 cm³/mol. The van der Waals surface area contributed by atoms with Crippen molar-refractivity contribution in [1.82, 2.24) is 0 Å². The first-order valence-corrected chi connectivity index (χ1v) is 6.01. The van der Waals surface area contributed by atoms with E-state index in [0.29, 0.717) is 17.5 Å². The number of carbonyl (C=O) groups is 1. The highest BCUT2D eigenvalue weighted by atomic mass is 16.4. The zero-order chi connectivity index (χ0) is 13.7. The van der Waals surface area contributed by atoms with Crippen LogP contribution >= 0.6 is 0 Å². The highest BCUT2D eigenvalue weighted by Gasteiger charge is 2.49. The van der Waals surface area contributed by atoms with Crippen molar-refractivity contribution in [2.75, 3.05) is 6.61 Å². The van der Waals surface area contributed by atoms with Crippen LogP contribution in [0.5, 0.6) is 0 Å². The maximum Gasteiger partial charge on any atom is 0.197 e. The Hall–Kier alpha value is -1.23. The SMILES string of the molecule is Cc1cc2c(c(C)c1CCO)C(=O)[C@@](C)(O)[C@@H]2O. The van der Waals surface area contributed by atoms with Gasteiger partial charge in [-0.15, -0.1) is 0 Å². The van der Waals surface area contributed by atoms with Gasteiger partial charge in [-0.05, 0) is 49.4 Å². The monoisotopic (exact) mass is 250 g/mol. The summed E-state index contributed by atoms with van der Waals surface area (Å²) in [6.45, 7) is 5.01. The van der Waals surface area contributed by atoms with Crippen LogP contribution in [0.15, 0.2) is 6.07 Å². The Labute approximate surface area is 106 Å². The van der Waals surface area contributed by atoms with Gasteiger partial charge in [0.2, 0.25) is 0 Å². The van der Waals surface area contributed by atoms with Gasteiger partial charge in [0.15, 0.2) is 11.4 Å². The topological polar surface area (TPSA) is 77.8 Å². The molecule has 18 heavy (non-hydrogen) atoms. The minimum atomic E-state index is -1.75. The maximum absolute atomic E-state index is 12.1. The Kier molecular flexibility index (Phi) is 3.05. The van der Waals surface area contributed by atoms with Crippen molar-refractivity contribution < 1.29 is 20.1 Å². The van der Waals surface area contributed by atoms with E-state index in [-0.39, 0.29) is 6.61 Å². The first-order chi connectivity index (χ1) is 8.32. The molecule has 3 N–H and O–H groups in total. The second-order valence-electron chi connectivity index (χ2n) is 5.11. The number of ketones is 1. The Bertz CT molecular complexity index is 517. The third-order valence-corrected chi connectivity index (χ3v) is 3.84. The summed E-state index contributed by atoms with van der Waals surface area (Å²) in [4.78, 5) is 12.1. The van der Waals surface area contributed by atoms with Gasteiger partial charge in [-0.2, -0.15) is 0 Å². The molecular weight excluding hydrogens is 232 g/mol. The molecule has 98 valence electrons. The minimum Gasteiger partial charge on any atom is -0.396 e. The van der Waals surface area contributed by atoms with Crippen LogP contribution in [0.2, 0.25) is 0 Å². The number of rotatable bonds is 2. The maximum atomic E-state index is 12.1. The molecule has 4 heteroatoms. The molecule has 1 aromatic carbocycles. The number of aliphatic hydroxyl groups is 3. The highest BCUT2D eigenvalue weighted by Crippen LogP contribution is 2.42. The van der Waals surface area contributed by atoms with Crippen LogP contribution < -0.4 is 0 Å². The van der Waals surface area contributed by atoms with E-state index in [4.69, 9.17) is 5.11 Å². The van der Waals surface area contributed by atoms with Crippen molar-refractivity contribution in [1.29, 1.82) is 0 Å². The number of benzene rings is 1. The quantitative estimate of drug-likeness (QED) is 0.726. The second-order valence-corrected chi connectivity index (χ2v) is 5.11. The molecule has 0 saturated carbocycles. The van der Waals surface area contributed by atoms with Crippen molar-refractivity contribution in [3.8, 4) is 0 Å². The van der Waals surface area contributed by atoms with Crippen molar-refractivity contribution in [3.63, 3.8) is 0 Å². The molecule has 1 aromatic rings. The normalized spacial score (nSPS) is 26.6. The molecular formula is C14H18O4. The molecule has 0 spiro atoms. The Morgan fingerprint density at radius 2 is 2.00 bits per heavy atom. The fourth-order valence-corrected chi connectivity index (χ4v) is 2.75. The zero-order valence-electron chi connectivity index (χ0n) is 10.8. The van der Waals surface area contributed by atoms with Gasteiger partial charge in [0.1, 0.15) is 6.10 Å². The third kappa shape index (κ3) is 1.61. The van der Waals surface area contributed by atoms with E-state index in [2.05, 4.69) is 0 Å². The molecule has 4 nitrogen and oxygen atoms in total. The number of carbonyl (C=O) groups excluding carboxylic acids is 1. The smallest absolute Gasteiger partial charge is 0.197 e. The molecule has 0 saturated heterocycles. The summed E-state index contributed by atoms with van der Waals surface area (Å²) in [5.41, 5.74) is 1.72. The Balaban J connectivity index is 2.69. The summed E-state index contributed by atoms with van der Waals surface area (Å²) in [6.07, 6.45) is -0.711. The fourth-order valence-electron chi connectivity index (χ4n) is 2.75. The standard InChI is InChI=1S/C14H18O4/c1-7-6-10-11(8(2)9(7)4-5-15)13(17)14(3,18)12(10)16/h6,12,15-16,18H,4-5H2,1-3H3/t12-,14+/m1/s1. The lowest BCUT2D eigenvalue weighted by atomic mass is 9.92. The molecule has 2 rings (SSSR count). The summed E-state index contributed by atoms with van der Waals surface area (Å²) in [5, 5.41) is 29.1. The van der Waals surface area contributed by atoms with E-state index in [0.717, 1.165) is 16.7 Å². The molecule has 2 atom stereocenters. The lowest BCUT2D eigenvalue weighted by molar-refractivity contribution is -0.0321. The second kappa shape index (κ2) is 4.16. The molecule has 0 aliphatic heterocycles. The summed E-state index contributed by atoms with van der Waals surface area (Å²) in [6, 6.07) is 1.73. The summed E-state index contributed by atoms with van der Waals surface area (Å²) < 4.78 is 0. The van der Waals surface area contributed by atoms with Gasteiger partial charge in [0.05, 0.1) is 0 Å². The summed E-state index contributed by atoms with van der Waals surface area (Å²) >= 11 is 0. The number of aliphatic hydroxyl groups excluding tert-OH is 2. The van der Waals surface area contributed by atoms with Crippen molar-refractivity contribution in [2.24, 2.45) is 0 Å². The van der Waals surface area contributed by atoms with Gasteiger partial charge in [-0.25, -0.2) is 0 Å². The van der Waals surface area contributed by atoms with E-state index in [1.807, 2.05) is 6.92 Å². The van der Waals surface area contributed by atoms with Crippen LogP contribution in [-0.4, -0.2) is 33.3 Å². The zero-order valence-corrected chi connectivity index (χ0v) is 10.8. The molecule has 0 heterocycles. The molecule has 0 bridgehead atoms. The van der Waals surface area contributed by atoms with Crippen molar-refractivity contribution in [3.05, 3.63) is 33.9 Å². The van der Waals surface area contributed by atoms with Gasteiger partial charge < -0.3 is 15.3 Å². The van der Waals surface area contributed by atoms with Crippen LogP contribution in [0.25, 0.3) is 0 Å². The molecule has 0 amide bonds. The van der Waals surface area contributed by atoms with E-state index < -0.39 is 17.5 Å². The lowest BCUT2D eigenvalue weighted by Crippen LogP contribution is -2.35. The fraction of sp³-hybridized carbons (Fsp3) is 0.500.